The van der Waals surface area contributed by atoms with E-state index in [2.05, 4.69) is 33.9 Å². The lowest BCUT2D eigenvalue weighted by Crippen LogP contribution is -2.50. The van der Waals surface area contributed by atoms with Gasteiger partial charge in [-0.25, -0.2) is 0 Å². The Morgan fingerprint density at radius 2 is 1.92 bits per heavy atom. The van der Waals surface area contributed by atoms with Gasteiger partial charge in [0, 0.05) is 5.92 Å². The number of nitriles is 1. The first-order valence-electron chi connectivity index (χ1n) is 12.1. The quantitative estimate of drug-likeness (QED) is 0.185. The minimum atomic E-state index is -3.45. The maximum Gasteiger partial charge on any atom is 0.327 e. The number of rotatable bonds is 13. The summed E-state index contributed by atoms with van der Waals surface area (Å²) in [4.78, 5) is 9.27. The van der Waals surface area contributed by atoms with E-state index in [1.165, 1.54) is 0 Å². The number of aliphatic hydroxyl groups excluding tert-OH is 1. The zero-order valence-electron chi connectivity index (χ0n) is 21.6. The molecule has 2 aliphatic heterocycles. The molecule has 10 atom stereocenters. The van der Waals surface area contributed by atoms with Gasteiger partial charge >= 0.3 is 15.0 Å². The van der Waals surface area contributed by atoms with Crippen LogP contribution in [0.15, 0.2) is 0 Å². The maximum absolute atomic E-state index is 11.3. The molecule has 3 fully saturated rings. The zero-order valence-corrected chi connectivity index (χ0v) is 25.3. The highest BCUT2D eigenvalue weighted by Crippen LogP contribution is 2.55. The Hall–Kier alpha value is 0.292. The lowest BCUT2D eigenvalue weighted by Gasteiger charge is -2.41. The second-order valence-corrected chi connectivity index (χ2v) is 19.4. The van der Waals surface area contributed by atoms with E-state index in [1.807, 2.05) is 13.9 Å². The van der Waals surface area contributed by atoms with Crippen molar-refractivity contribution in [2.45, 2.75) is 94.4 Å². The van der Waals surface area contributed by atoms with Crippen LogP contribution in [0.3, 0.4) is 0 Å². The van der Waals surface area contributed by atoms with Gasteiger partial charge in [0.05, 0.1) is 44.4 Å². The molecule has 0 aromatic heterocycles. The summed E-state index contributed by atoms with van der Waals surface area (Å²) in [7, 11) is -3.62. The summed E-state index contributed by atoms with van der Waals surface area (Å²) in [5, 5.41) is 18.9. The fourth-order valence-corrected chi connectivity index (χ4v) is 8.17. The third-order valence-electron chi connectivity index (χ3n) is 7.22. The number of ether oxygens (including phenoxy) is 2. The minimum Gasteiger partial charge on any atom is -0.408 e. The van der Waals surface area contributed by atoms with Crippen molar-refractivity contribution >= 4 is 42.9 Å². The highest BCUT2D eigenvalue weighted by Gasteiger charge is 2.57. The van der Waals surface area contributed by atoms with Gasteiger partial charge in [-0.15, -0.1) is 0 Å². The first-order chi connectivity index (χ1) is 16.7. The second kappa shape index (κ2) is 12.2. The average Bonchev–Trinajstić information content (AvgIpc) is 3.38. The van der Waals surface area contributed by atoms with E-state index in [0.29, 0.717) is 0 Å². The first kappa shape index (κ1) is 30.8. The van der Waals surface area contributed by atoms with Gasteiger partial charge in [0.25, 0.3) is 0 Å². The number of hydrogen-bond acceptors (Lipinski definition) is 11. The molecule has 2 saturated heterocycles. The molecule has 3 rings (SSSR count). The lowest BCUT2D eigenvalue weighted by molar-refractivity contribution is -0.0250. The first-order valence-corrected chi connectivity index (χ1v) is 18.9. The summed E-state index contributed by atoms with van der Waals surface area (Å²) in [6, 6.07) is 1.54. The largest absolute Gasteiger partial charge is 0.408 e. The SMILES string of the molecule is B[C@@H]1O[C@H](CO)C(O[Si](C)(C)C(C)(C)C)[C@H]1OP(=S)(OCCC#N)OC[C@H]1O[C@H]2CC2[C@@H]1O[PH](=O)O. The molecule has 3 aliphatic rings. The van der Waals surface area contributed by atoms with E-state index in [4.69, 9.17) is 49.1 Å². The van der Waals surface area contributed by atoms with Crippen LogP contribution in [0.5, 0.6) is 0 Å². The molecule has 4 unspecified atom stereocenters. The molecule has 1 aliphatic carbocycles. The van der Waals surface area contributed by atoms with Gasteiger partial charge in [-0.1, -0.05) is 20.8 Å². The van der Waals surface area contributed by atoms with E-state index in [1.54, 1.807) is 0 Å². The van der Waals surface area contributed by atoms with Crippen LogP contribution in [0.1, 0.15) is 33.6 Å². The fraction of sp³-hybridized carbons (Fsp3) is 0.950. The van der Waals surface area contributed by atoms with E-state index in [0.717, 1.165) is 6.42 Å². The van der Waals surface area contributed by atoms with Crippen molar-refractivity contribution in [2.24, 2.45) is 5.92 Å². The highest BCUT2D eigenvalue weighted by molar-refractivity contribution is 8.07. The van der Waals surface area contributed by atoms with Gasteiger partial charge in [0.15, 0.2) is 8.32 Å². The minimum absolute atomic E-state index is 0.00791. The summed E-state index contributed by atoms with van der Waals surface area (Å²) in [6.07, 6.45) is -2.21. The Morgan fingerprint density at radius 3 is 2.50 bits per heavy atom. The van der Waals surface area contributed by atoms with Crippen LogP contribution in [-0.4, -0.2) is 88.6 Å². The Kier molecular flexibility index (Phi) is 10.5. The van der Waals surface area contributed by atoms with Crippen LogP contribution >= 0.6 is 15.0 Å². The monoisotopic (exact) mass is 585 g/mol. The predicted molar refractivity (Wildman–Crippen MR) is 141 cm³/mol. The van der Waals surface area contributed by atoms with Crippen molar-refractivity contribution in [1.82, 2.24) is 0 Å². The number of hydrogen-bond donors (Lipinski definition) is 2. The van der Waals surface area contributed by atoms with Crippen LogP contribution in [0, 0.1) is 17.2 Å². The highest BCUT2D eigenvalue weighted by atomic mass is 32.5. The molecule has 36 heavy (non-hydrogen) atoms. The normalized spacial score (nSPS) is 36.7. The average molecular weight is 585 g/mol. The van der Waals surface area contributed by atoms with Gasteiger partial charge < -0.3 is 42.0 Å². The maximum atomic E-state index is 11.3. The second-order valence-electron chi connectivity index (χ2n) is 10.9. The van der Waals surface area contributed by atoms with Crippen LogP contribution in [-0.2, 0) is 48.4 Å². The van der Waals surface area contributed by atoms with Gasteiger partial charge in [-0.05, 0) is 36.4 Å². The molecule has 0 radical (unpaired) electrons. The van der Waals surface area contributed by atoms with Crippen molar-refractivity contribution in [3.05, 3.63) is 0 Å². The molecule has 0 bridgehead atoms. The third kappa shape index (κ3) is 7.48. The molecular weight excluding hydrogens is 547 g/mol. The summed E-state index contributed by atoms with van der Waals surface area (Å²) in [5.74, 6) is 0.0499. The molecular formula is C20H38BNO10P2SSi. The van der Waals surface area contributed by atoms with Gasteiger partial charge in [-0.2, -0.15) is 5.26 Å². The molecule has 1 saturated carbocycles. The van der Waals surface area contributed by atoms with E-state index < -0.39 is 59.8 Å². The van der Waals surface area contributed by atoms with Crippen molar-refractivity contribution in [2.75, 3.05) is 19.8 Å². The summed E-state index contributed by atoms with van der Waals surface area (Å²) >= 11 is 5.72. The standard InChI is InChI=1S/C20H38BNO10P2SSi/c1-20(2,3)36(4,5)32-17-14(10-23)29-19(21)18(17)31-34(35,26-8-6-7-22)27-11-15-16(30-33(24)25)12-9-13(12)28-15/h12-19,23,33H,6,8-11,21H2,1-5H3,(H,24,25)/t12?,13-,14+,15+,16-,17?,18+,19+,34?/m0/s1. The van der Waals surface area contributed by atoms with Crippen LogP contribution in [0.25, 0.3) is 0 Å². The van der Waals surface area contributed by atoms with Gasteiger partial charge in [-0.3, -0.25) is 4.57 Å². The van der Waals surface area contributed by atoms with Crippen molar-refractivity contribution in [3.63, 3.8) is 0 Å². The Balaban J connectivity index is 1.76. The Labute approximate surface area is 220 Å². The summed E-state index contributed by atoms with van der Waals surface area (Å²) in [5.41, 5.74) is 0. The third-order valence-corrected chi connectivity index (χ3v) is 14.5. The van der Waals surface area contributed by atoms with Gasteiger partial charge in [0.1, 0.15) is 38.4 Å². The molecule has 16 heteroatoms. The number of fused-ring (bicyclic) bond motifs is 1. The van der Waals surface area contributed by atoms with Crippen LogP contribution in [0.4, 0.5) is 0 Å². The summed E-state index contributed by atoms with van der Waals surface area (Å²) < 4.78 is 53.1. The molecule has 2 N–H and O–H groups in total. The van der Waals surface area contributed by atoms with E-state index in [-0.39, 0.29) is 43.3 Å². The number of aliphatic hydroxyl groups is 1. The van der Waals surface area contributed by atoms with Crippen molar-refractivity contribution in [1.29, 1.82) is 5.26 Å². The smallest absolute Gasteiger partial charge is 0.327 e. The van der Waals surface area contributed by atoms with Crippen molar-refractivity contribution in [3.8, 4) is 6.07 Å². The molecule has 0 spiro atoms. The molecule has 206 valence electrons. The van der Waals surface area contributed by atoms with Crippen molar-refractivity contribution < 1.29 is 46.6 Å². The molecule has 11 nitrogen and oxygen atoms in total. The van der Waals surface area contributed by atoms with Crippen LogP contribution in [0.2, 0.25) is 18.1 Å². The Morgan fingerprint density at radius 1 is 1.22 bits per heavy atom. The Bertz CT molecular complexity index is 890. The molecule has 0 aromatic carbocycles. The molecule has 0 aromatic rings. The zero-order chi connectivity index (χ0) is 26.9. The topological polar surface area (TPSA) is 146 Å². The summed E-state index contributed by atoms with van der Waals surface area (Å²) in [6.45, 7) is 6.81. The van der Waals surface area contributed by atoms with Gasteiger partial charge in [0.2, 0.25) is 0 Å². The molecule has 2 heterocycles. The van der Waals surface area contributed by atoms with E-state index >= 15 is 0 Å². The number of nitrogens with zero attached hydrogens (tertiary/aromatic N) is 1. The van der Waals surface area contributed by atoms with Crippen LogP contribution < -0.4 is 0 Å². The lowest BCUT2D eigenvalue weighted by atomic mass is 9.93. The predicted octanol–water partition coefficient (Wildman–Crippen LogP) is 1.84. The molecule has 0 amide bonds. The fourth-order valence-electron chi connectivity index (χ4n) is 4.16. The van der Waals surface area contributed by atoms with E-state index in [9.17, 15) is 14.6 Å².